The van der Waals surface area contributed by atoms with Crippen LogP contribution in [0, 0.1) is 0 Å². The number of rotatable bonds is 4. The van der Waals surface area contributed by atoms with Crippen LogP contribution in [0.1, 0.15) is 0 Å². The summed E-state index contributed by atoms with van der Waals surface area (Å²) in [6.45, 7) is 0. The zero-order chi connectivity index (χ0) is 35.3. The lowest BCUT2D eigenvalue weighted by Gasteiger charge is -2.11. The standard InChI is InChI=1S/C49H29N3OS/c1-3-12-30(13-4-1)49-50-40-24-22-32(27-46(40)54-49)31-14-11-17-34(26-31)52-41-20-9-7-18-35(41)38-28-39-44(29-43(38)52)51(33-15-5-2-6-16-33)42-25-23-37-36-19-8-10-21-45(36)53-48(37)47(39)42/h1-29H. The Hall–Kier alpha value is -6.95. The first-order valence-corrected chi connectivity index (χ1v) is 19.0. The molecule has 0 aliphatic carbocycles. The summed E-state index contributed by atoms with van der Waals surface area (Å²) in [6.07, 6.45) is 0. The average Bonchev–Trinajstić information content (AvgIpc) is 3.99. The summed E-state index contributed by atoms with van der Waals surface area (Å²) in [4.78, 5) is 4.95. The Kier molecular flexibility index (Phi) is 6.18. The summed E-state index contributed by atoms with van der Waals surface area (Å²) < 4.78 is 12.7. The zero-order valence-corrected chi connectivity index (χ0v) is 29.7. The van der Waals surface area contributed by atoms with Crippen molar-refractivity contribution in [3.05, 3.63) is 176 Å². The van der Waals surface area contributed by atoms with Crippen LogP contribution in [0.2, 0.25) is 0 Å². The number of hydrogen-bond acceptors (Lipinski definition) is 3. The highest BCUT2D eigenvalue weighted by Gasteiger charge is 2.22. The minimum Gasteiger partial charge on any atom is -0.455 e. The largest absolute Gasteiger partial charge is 0.455 e. The van der Waals surface area contributed by atoms with E-state index in [0.717, 1.165) is 71.3 Å². The van der Waals surface area contributed by atoms with Crippen LogP contribution in [0.4, 0.5) is 0 Å². The van der Waals surface area contributed by atoms with Crippen LogP contribution in [-0.2, 0) is 0 Å². The van der Waals surface area contributed by atoms with E-state index in [1.165, 1.54) is 37.5 Å². The Labute approximate surface area is 313 Å². The normalized spacial score (nSPS) is 12.1. The fourth-order valence-corrected chi connectivity index (χ4v) is 9.52. The molecule has 0 saturated carbocycles. The summed E-state index contributed by atoms with van der Waals surface area (Å²) >= 11 is 1.74. The van der Waals surface area contributed by atoms with Crippen molar-refractivity contribution >= 4 is 87.1 Å². The topological polar surface area (TPSA) is 35.9 Å². The third-order valence-corrected chi connectivity index (χ3v) is 12.0. The zero-order valence-electron chi connectivity index (χ0n) is 28.9. The van der Waals surface area contributed by atoms with E-state index >= 15 is 0 Å². The first-order valence-electron chi connectivity index (χ1n) is 18.2. The van der Waals surface area contributed by atoms with Crippen LogP contribution in [-0.4, -0.2) is 14.1 Å². The van der Waals surface area contributed by atoms with Gasteiger partial charge in [0, 0.05) is 43.9 Å². The average molecular weight is 708 g/mol. The lowest BCUT2D eigenvalue weighted by atomic mass is 10.0. The predicted octanol–water partition coefficient (Wildman–Crippen LogP) is 13.7. The summed E-state index contributed by atoms with van der Waals surface area (Å²) in [5.74, 6) is 0. The molecule has 4 nitrogen and oxygen atoms in total. The van der Waals surface area contributed by atoms with Crippen molar-refractivity contribution in [3.63, 3.8) is 0 Å². The molecule has 0 bridgehead atoms. The van der Waals surface area contributed by atoms with Gasteiger partial charge in [-0.3, -0.25) is 0 Å². The third kappa shape index (κ3) is 4.27. The van der Waals surface area contributed by atoms with Crippen molar-refractivity contribution in [1.82, 2.24) is 14.1 Å². The van der Waals surface area contributed by atoms with Crippen molar-refractivity contribution in [1.29, 1.82) is 0 Å². The Bertz CT molecular complexity index is 3440. The van der Waals surface area contributed by atoms with Crippen molar-refractivity contribution in [2.75, 3.05) is 0 Å². The Morgan fingerprint density at radius 1 is 0.426 bits per heavy atom. The molecule has 8 aromatic carbocycles. The number of furan rings is 1. The molecule has 0 amide bonds. The van der Waals surface area contributed by atoms with Gasteiger partial charge >= 0.3 is 0 Å². The number of para-hydroxylation sites is 3. The van der Waals surface area contributed by atoms with Crippen molar-refractivity contribution in [3.8, 4) is 33.1 Å². The molecule has 0 saturated heterocycles. The number of fused-ring (bicyclic) bond motifs is 11. The van der Waals surface area contributed by atoms with Gasteiger partial charge in [-0.15, -0.1) is 11.3 Å². The van der Waals surface area contributed by atoms with Gasteiger partial charge in [0.1, 0.15) is 16.2 Å². The van der Waals surface area contributed by atoms with E-state index in [2.05, 4.69) is 173 Å². The van der Waals surface area contributed by atoms with Gasteiger partial charge in [-0.05, 0) is 83.9 Å². The minimum atomic E-state index is 0.907. The lowest BCUT2D eigenvalue weighted by molar-refractivity contribution is 0.673. The van der Waals surface area contributed by atoms with Crippen molar-refractivity contribution in [2.24, 2.45) is 0 Å². The van der Waals surface area contributed by atoms with Gasteiger partial charge in [0.25, 0.3) is 0 Å². The summed E-state index contributed by atoms with van der Waals surface area (Å²) in [6, 6.07) is 63.0. The van der Waals surface area contributed by atoms with Crippen LogP contribution in [0.25, 0.3) is 109 Å². The maximum Gasteiger partial charge on any atom is 0.145 e. The molecule has 12 rings (SSSR count). The van der Waals surface area contributed by atoms with Gasteiger partial charge in [-0.2, -0.15) is 0 Å². The van der Waals surface area contributed by atoms with Crippen LogP contribution in [0.3, 0.4) is 0 Å². The number of thiazole rings is 1. The molecule has 5 heteroatoms. The van der Waals surface area contributed by atoms with Crippen LogP contribution in [0.5, 0.6) is 0 Å². The molecule has 252 valence electrons. The molecule has 0 unspecified atom stereocenters. The predicted molar refractivity (Wildman–Crippen MR) is 226 cm³/mol. The van der Waals surface area contributed by atoms with E-state index in [4.69, 9.17) is 9.40 Å². The smallest absolute Gasteiger partial charge is 0.145 e. The molecule has 0 aliphatic heterocycles. The first-order chi connectivity index (χ1) is 26.8. The highest BCUT2D eigenvalue weighted by atomic mass is 32.1. The number of aromatic nitrogens is 3. The lowest BCUT2D eigenvalue weighted by Crippen LogP contribution is -1.96. The van der Waals surface area contributed by atoms with Gasteiger partial charge in [0.05, 0.1) is 37.7 Å². The van der Waals surface area contributed by atoms with Gasteiger partial charge in [-0.25, -0.2) is 4.98 Å². The summed E-state index contributed by atoms with van der Waals surface area (Å²) in [5.41, 5.74) is 13.2. The molecule has 0 atom stereocenters. The SMILES string of the molecule is c1ccc(-c2nc3ccc(-c4cccc(-n5c6ccccc6c6cc7c8c9oc%10ccccc%10c9ccc8n(-c8ccccc8)c7cc65)c4)cc3s2)cc1. The molecular formula is C49H29N3OS. The number of hydrogen-bond donors (Lipinski definition) is 0. The maximum absolute atomic E-state index is 6.68. The minimum absolute atomic E-state index is 0.907. The monoisotopic (exact) mass is 707 g/mol. The second kappa shape index (κ2) is 11.3. The van der Waals surface area contributed by atoms with E-state index in [9.17, 15) is 0 Å². The highest BCUT2D eigenvalue weighted by molar-refractivity contribution is 7.21. The molecule has 12 aromatic rings. The first kappa shape index (κ1) is 29.6. The van der Waals surface area contributed by atoms with Gasteiger partial charge in [-0.1, -0.05) is 103 Å². The van der Waals surface area contributed by atoms with Crippen LogP contribution in [0.15, 0.2) is 180 Å². The summed E-state index contributed by atoms with van der Waals surface area (Å²) in [7, 11) is 0. The molecular weight excluding hydrogens is 679 g/mol. The second-order valence-electron chi connectivity index (χ2n) is 14.0. The molecule has 0 fully saturated rings. The van der Waals surface area contributed by atoms with Gasteiger partial charge < -0.3 is 13.6 Å². The molecule has 54 heavy (non-hydrogen) atoms. The second-order valence-corrected chi connectivity index (χ2v) is 15.0. The molecule has 0 N–H and O–H groups in total. The summed E-state index contributed by atoms with van der Waals surface area (Å²) in [5, 5.41) is 8.06. The van der Waals surface area contributed by atoms with Crippen molar-refractivity contribution < 1.29 is 4.42 Å². The Morgan fingerprint density at radius 3 is 2.02 bits per heavy atom. The Balaban J connectivity index is 1.11. The quantitative estimate of drug-likeness (QED) is 0.183. The number of nitrogens with zero attached hydrogens (tertiary/aromatic N) is 3. The van der Waals surface area contributed by atoms with Gasteiger partial charge in [0.15, 0.2) is 0 Å². The van der Waals surface area contributed by atoms with Crippen LogP contribution >= 0.6 is 11.3 Å². The fraction of sp³-hybridized carbons (Fsp3) is 0. The van der Waals surface area contributed by atoms with Gasteiger partial charge in [0.2, 0.25) is 0 Å². The molecule has 4 heterocycles. The molecule has 0 aliphatic rings. The van der Waals surface area contributed by atoms with Crippen molar-refractivity contribution in [2.45, 2.75) is 0 Å². The van der Waals surface area contributed by atoms with E-state index in [-0.39, 0.29) is 0 Å². The van der Waals surface area contributed by atoms with E-state index in [1.807, 2.05) is 12.1 Å². The third-order valence-electron chi connectivity index (χ3n) is 10.9. The highest BCUT2D eigenvalue weighted by Crippen LogP contribution is 2.44. The maximum atomic E-state index is 6.68. The fourth-order valence-electron chi connectivity index (χ4n) is 8.51. The van der Waals surface area contributed by atoms with E-state index in [1.54, 1.807) is 11.3 Å². The van der Waals surface area contributed by atoms with E-state index in [0.29, 0.717) is 0 Å². The Morgan fingerprint density at radius 2 is 1.13 bits per heavy atom. The molecule has 0 spiro atoms. The molecule has 4 aromatic heterocycles. The van der Waals surface area contributed by atoms with E-state index < -0.39 is 0 Å². The van der Waals surface area contributed by atoms with Crippen LogP contribution < -0.4 is 0 Å². The number of benzene rings is 8. The molecule has 0 radical (unpaired) electrons.